The van der Waals surface area contributed by atoms with Crippen LogP contribution in [0.1, 0.15) is 42.9 Å². The quantitative estimate of drug-likeness (QED) is 0.702. The fraction of sp³-hybridized carbons (Fsp3) is 0.417. The number of nitriles is 1. The third-order valence-corrected chi connectivity index (χ3v) is 6.31. The van der Waals surface area contributed by atoms with Crippen molar-refractivity contribution in [2.75, 3.05) is 19.6 Å². The number of likely N-dealkylation sites (tertiary alicyclic amines) is 1. The van der Waals surface area contributed by atoms with E-state index in [0.29, 0.717) is 36.5 Å². The van der Waals surface area contributed by atoms with Gasteiger partial charge in [-0.1, -0.05) is 12.1 Å². The smallest absolute Gasteiger partial charge is 0.407 e. The van der Waals surface area contributed by atoms with Crippen LogP contribution in [-0.4, -0.2) is 57.8 Å². The van der Waals surface area contributed by atoms with Crippen LogP contribution in [0.5, 0.6) is 11.5 Å². The van der Waals surface area contributed by atoms with Crippen molar-refractivity contribution >= 4 is 6.09 Å². The van der Waals surface area contributed by atoms with Gasteiger partial charge in [0.05, 0.1) is 11.6 Å². The minimum absolute atomic E-state index is 0.171. The summed E-state index contributed by atoms with van der Waals surface area (Å²) >= 11 is 0. The Hall–Kier alpha value is -3.24. The van der Waals surface area contributed by atoms with Crippen molar-refractivity contribution in [3.05, 3.63) is 59.7 Å². The molecule has 2 aromatic rings. The second kappa shape index (κ2) is 9.27. The van der Waals surface area contributed by atoms with Gasteiger partial charge in [-0.15, -0.1) is 0 Å². The highest BCUT2D eigenvalue weighted by Gasteiger charge is 2.40. The number of hydrogen-bond acceptors (Lipinski definition) is 5. The number of amides is 1. The molecule has 2 heterocycles. The van der Waals surface area contributed by atoms with E-state index in [2.05, 4.69) is 11.0 Å². The van der Waals surface area contributed by atoms with Crippen LogP contribution in [0.4, 0.5) is 4.79 Å². The number of carboxylic acid groups (broad SMARTS) is 1. The normalized spacial score (nSPS) is 21.5. The lowest BCUT2D eigenvalue weighted by Crippen LogP contribution is -2.55. The van der Waals surface area contributed by atoms with E-state index in [-0.39, 0.29) is 11.9 Å². The van der Waals surface area contributed by atoms with Crippen molar-refractivity contribution in [3.8, 4) is 17.6 Å². The summed E-state index contributed by atoms with van der Waals surface area (Å²) in [6.45, 7) is 2.10. The topological polar surface area (TPSA) is 97.0 Å². The summed E-state index contributed by atoms with van der Waals surface area (Å²) in [5.41, 5.74) is 1.62. The number of fused-ring (bicyclic) bond motifs is 2. The van der Waals surface area contributed by atoms with Crippen LogP contribution in [-0.2, 0) is 0 Å². The molecule has 2 aliphatic heterocycles. The van der Waals surface area contributed by atoms with Crippen LogP contribution >= 0.6 is 0 Å². The molecule has 7 nitrogen and oxygen atoms in total. The molecule has 0 saturated carbocycles. The average molecular weight is 421 g/mol. The highest BCUT2D eigenvalue weighted by Crippen LogP contribution is 2.32. The molecule has 31 heavy (non-hydrogen) atoms. The first-order valence-electron chi connectivity index (χ1n) is 10.7. The molecule has 3 atom stereocenters. The first-order valence-corrected chi connectivity index (χ1v) is 10.7. The molecule has 0 radical (unpaired) electrons. The molecular weight excluding hydrogens is 394 g/mol. The molecular formula is C24H27N3O4. The van der Waals surface area contributed by atoms with Gasteiger partial charge in [0.2, 0.25) is 0 Å². The molecule has 7 heteroatoms. The van der Waals surface area contributed by atoms with Gasteiger partial charge in [0, 0.05) is 25.2 Å². The second-order valence-electron chi connectivity index (χ2n) is 8.29. The maximum Gasteiger partial charge on any atom is 0.407 e. The van der Waals surface area contributed by atoms with Crippen molar-refractivity contribution in [3.63, 3.8) is 0 Å². The van der Waals surface area contributed by atoms with Gasteiger partial charge >= 0.3 is 6.09 Å². The Morgan fingerprint density at radius 1 is 1.10 bits per heavy atom. The molecule has 3 unspecified atom stereocenters. The third-order valence-electron chi connectivity index (χ3n) is 6.31. The largest absolute Gasteiger partial charge is 0.508 e. The van der Waals surface area contributed by atoms with Crippen molar-refractivity contribution in [1.29, 1.82) is 5.26 Å². The highest BCUT2D eigenvalue weighted by atomic mass is 16.5. The number of phenolic OH excluding ortho intramolecular Hbond substituents is 1. The highest BCUT2D eigenvalue weighted by molar-refractivity contribution is 5.65. The summed E-state index contributed by atoms with van der Waals surface area (Å²) in [5.74, 6) is 0.876. The van der Waals surface area contributed by atoms with Gasteiger partial charge in [-0.2, -0.15) is 5.26 Å². The number of rotatable bonds is 7. The third kappa shape index (κ3) is 4.92. The Balaban J connectivity index is 1.41. The van der Waals surface area contributed by atoms with Gasteiger partial charge in [0.25, 0.3) is 0 Å². The molecule has 0 spiro atoms. The predicted molar refractivity (Wildman–Crippen MR) is 115 cm³/mol. The maximum absolute atomic E-state index is 11.3. The van der Waals surface area contributed by atoms with E-state index in [1.54, 1.807) is 41.3 Å². The number of ether oxygens (including phenoxy) is 1. The van der Waals surface area contributed by atoms with Gasteiger partial charge in [-0.25, -0.2) is 4.79 Å². The molecule has 1 amide bonds. The van der Waals surface area contributed by atoms with Gasteiger partial charge in [-0.05, 0) is 74.2 Å². The van der Waals surface area contributed by atoms with Crippen LogP contribution in [0.15, 0.2) is 48.5 Å². The summed E-state index contributed by atoms with van der Waals surface area (Å²) in [7, 11) is 0. The molecule has 2 fully saturated rings. The van der Waals surface area contributed by atoms with E-state index in [4.69, 9.17) is 10.00 Å². The van der Waals surface area contributed by atoms with Crippen molar-refractivity contribution in [2.45, 2.75) is 43.9 Å². The zero-order valence-corrected chi connectivity index (χ0v) is 17.4. The average Bonchev–Trinajstić information content (AvgIpc) is 3.01. The summed E-state index contributed by atoms with van der Waals surface area (Å²) in [6, 6.07) is 16.9. The van der Waals surface area contributed by atoms with Crippen LogP contribution < -0.4 is 4.74 Å². The Morgan fingerprint density at radius 3 is 2.32 bits per heavy atom. The zero-order chi connectivity index (χ0) is 21.8. The fourth-order valence-electron chi connectivity index (χ4n) is 4.73. The van der Waals surface area contributed by atoms with Gasteiger partial charge < -0.3 is 19.8 Å². The van der Waals surface area contributed by atoms with Gasteiger partial charge in [0.1, 0.15) is 17.6 Å². The van der Waals surface area contributed by atoms with Crippen molar-refractivity contribution in [1.82, 2.24) is 9.80 Å². The van der Waals surface area contributed by atoms with Crippen LogP contribution in [0, 0.1) is 11.3 Å². The SMILES string of the molecule is N#Cc1ccc(C(CCCN2C3CCC2CN(C(=O)O)C3)Oc2ccc(O)cc2)cc1. The standard InChI is InChI=1S/C24H27N3O4/c25-14-17-3-5-18(6-4-17)23(31-22-11-9-21(28)10-12-22)2-1-13-27-19-7-8-20(27)16-26(15-19)24(29)30/h3-6,9-12,19-20,23,28H,1-2,7-8,13,15-16H2,(H,29,30). The van der Waals surface area contributed by atoms with Crippen molar-refractivity contribution < 1.29 is 19.7 Å². The van der Waals surface area contributed by atoms with E-state index >= 15 is 0 Å². The first kappa shape index (κ1) is 21.0. The number of piperazine rings is 1. The Morgan fingerprint density at radius 2 is 1.74 bits per heavy atom. The lowest BCUT2D eigenvalue weighted by atomic mass is 10.0. The summed E-state index contributed by atoms with van der Waals surface area (Å²) in [5, 5.41) is 27.9. The van der Waals surface area contributed by atoms with Crippen LogP contribution in [0.25, 0.3) is 0 Å². The molecule has 4 rings (SSSR count). The van der Waals surface area contributed by atoms with E-state index in [1.807, 2.05) is 12.1 Å². The molecule has 2 N–H and O–H groups in total. The minimum atomic E-state index is -0.820. The first-order chi connectivity index (χ1) is 15.0. The molecule has 2 saturated heterocycles. The molecule has 162 valence electrons. The Kier molecular flexibility index (Phi) is 6.28. The van der Waals surface area contributed by atoms with Gasteiger partial charge in [-0.3, -0.25) is 4.90 Å². The molecule has 2 aliphatic rings. The van der Waals surface area contributed by atoms with E-state index in [0.717, 1.165) is 37.8 Å². The van der Waals surface area contributed by atoms with E-state index < -0.39 is 6.09 Å². The molecule has 2 bridgehead atoms. The van der Waals surface area contributed by atoms with Crippen molar-refractivity contribution in [2.24, 2.45) is 0 Å². The number of benzene rings is 2. The molecule has 0 aromatic heterocycles. The lowest BCUT2D eigenvalue weighted by molar-refractivity contribution is 0.0595. The Labute approximate surface area is 182 Å². The predicted octanol–water partition coefficient (Wildman–Crippen LogP) is 3.99. The monoisotopic (exact) mass is 421 g/mol. The second-order valence-corrected chi connectivity index (χ2v) is 8.29. The minimum Gasteiger partial charge on any atom is -0.508 e. The van der Waals surface area contributed by atoms with Crippen LogP contribution in [0.3, 0.4) is 0 Å². The zero-order valence-electron chi connectivity index (χ0n) is 17.4. The summed E-state index contributed by atoms with van der Waals surface area (Å²) < 4.78 is 6.24. The van der Waals surface area contributed by atoms with Gasteiger partial charge in [0.15, 0.2) is 0 Å². The van der Waals surface area contributed by atoms with Crippen LogP contribution in [0.2, 0.25) is 0 Å². The Bertz CT molecular complexity index is 925. The number of phenols is 1. The molecule has 0 aliphatic carbocycles. The number of hydrogen-bond donors (Lipinski definition) is 2. The van der Waals surface area contributed by atoms with E-state index in [9.17, 15) is 15.0 Å². The lowest BCUT2D eigenvalue weighted by Gasteiger charge is -2.40. The number of carbonyl (C=O) groups is 1. The maximum atomic E-state index is 11.3. The molecule has 2 aromatic carbocycles. The fourth-order valence-corrected chi connectivity index (χ4v) is 4.73. The number of aromatic hydroxyl groups is 1. The summed E-state index contributed by atoms with van der Waals surface area (Å²) in [4.78, 5) is 15.4. The summed E-state index contributed by atoms with van der Waals surface area (Å²) in [6.07, 6.45) is 2.83. The van der Waals surface area contributed by atoms with E-state index in [1.165, 1.54) is 0 Å². The number of nitrogens with zero attached hydrogens (tertiary/aromatic N) is 3.